The van der Waals surface area contributed by atoms with Gasteiger partial charge in [-0.3, -0.25) is 9.10 Å². The van der Waals surface area contributed by atoms with Crippen LogP contribution in [0.3, 0.4) is 0 Å². The zero-order valence-electron chi connectivity index (χ0n) is 21.2. The van der Waals surface area contributed by atoms with E-state index in [-0.39, 0.29) is 24.5 Å². The van der Waals surface area contributed by atoms with Crippen LogP contribution < -0.4 is 4.31 Å². The molecule has 0 radical (unpaired) electrons. The lowest BCUT2D eigenvalue weighted by molar-refractivity contribution is -0.127. The van der Waals surface area contributed by atoms with Gasteiger partial charge in [0.1, 0.15) is 0 Å². The lowest BCUT2D eigenvalue weighted by atomic mass is 9.95. The summed E-state index contributed by atoms with van der Waals surface area (Å²) < 4.78 is 29.9. The summed E-state index contributed by atoms with van der Waals surface area (Å²) in [5.41, 5.74) is 3.77. The molecule has 7 heteroatoms. The largest absolute Gasteiger partial charge is 0.329 e. The quantitative estimate of drug-likeness (QED) is 0.229. The second-order valence-corrected chi connectivity index (χ2v) is 11.4. The Morgan fingerprint density at radius 2 is 1.36 bits per heavy atom. The highest BCUT2D eigenvalue weighted by atomic mass is 35.5. The van der Waals surface area contributed by atoms with E-state index in [9.17, 15) is 13.2 Å². The summed E-state index contributed by atoms with van der Waals surface area (Å²) in [7, 11) is -4.27. The lowest BCUT2D eigenvalue weighted by Crippen LogP contribution is -2.42. The number of hydrogen-bond acceptors (Lipinski definition) is 3. The van der Waals surface area contributed by atoms with Crippen molar-refractivity contribution in [1.29, 1.82) is 0 Å². The van der Waals surface area contributed by atoms with Gasteiger partial charge in [-0.1, -0.05) is 109 Å². The van der Waals surface area contributed by atoms with Gasteiger partial charge in [-0.2, -0.15) is 0 Å². The maximum absolute atomic E-state index is 14.6. The van der Waals surface area contributed by atoms with E-state index in [1.807, 2.05) is 91.0 Å². The summed E-state index contributed by atoms with van der Waals surface area (Å²) in [5.74, 6) is -0.582. The Morgan fingerprint density at radius 3 is 1.90 bits per heavy atom. The molecule has 1 amide bonds. The number of halogens is 1. The van der Waals surface area contributed by atoms with Crippen molar-refractivity contribution in [3.05, 3.63) is 154 Å². The smallest absolute Gasteiger partial charge is 0.270 e. The third kappa shape index (κ3) is 5.39. The van der Waals surface area contributed by atoms with E-state index in [4.69, 9.17) is 11.6 Å². The Kier molecular flexibility index (Phi) is 7.68. The third-order valence-electron chi connectivity index (χ3n) is 6.54. The van der Waals surface area contributed by atoms with Crippen molar-refractivity contribution in [3.8, 4) is 0 Å². The fraction of sp³-hybridized carbons (Fsp3) is 0.0938. The number of benzene rings is 4. The molecule has 0 atom stereocenters. The molecule has 0 aromatic heterocycles. The maximum atomic E-state index is 14.6. The van der Waals surface area contributed by atoms with Crippen molar-refractivity contribution in [2.45, 2.75) is 13.1 Å². The minimum Gasteiger partial charge on any atom is -0.329 e. The molecule has 1 heterocycles. The molecule has 0 spiro atoms. The van der Waals surface area contributed by atoms with E-state index >= 15 is 0 Å². The molecular weight excluding hydrogens is 528 g/mol. The fourth-order valence-corrected chi connectivity index (χ4v) is 6.74. The van der Waals surface area contributed by atoms with Gasteiger partial charge in [0.15, 0.2) is 4.91 Å². The highest BCUT2D eigenvalue weighted by Crippen LogP contribution is 2.44. The average Bonchev–Trinajstić information content (AvgIpc) is 2.95. The Balaban J connectivity index is 1.76. The van der Waals surface area contributed by atoms with Crippen molar-refractivity contribution >= 4 is 38.8 Å². The van der Waals surface area contributed by atoms with Crippen LogP contribution in [-0.2, 0) is 27.9 Å². The Hall–Kier alpha value is -4.13. The van der Waals surface area contributed by atoms with Gasteiger partial charge < -0.3 is 4.90 Å². The molecule has 0 saturated heterocycles. The molecule has 5 rings (SSSR count). The van der Waals surface area contributed by atoms with Crippen LogP contribution in [-0.4, -0.2) is 25.8 Å². The second-order valence-electron chi connectivity index (χ2n) is 9.19. The summed E-state index contributed by atoms with van der Waals surface area (Å²) in [4.78, 5) is 15.9. The molecule has 39 heavy (non-hydrogen) atoms. The summed E-state index contributed by atoms with van der Waals surface area (Å²) in [6.07, 6.45) is 1.51. The molecule has 1 aliphatic heterocycles. The summed E-state index contributed by atoms with van der Waals surface area (Å²) in [5, 5.41) is 0.442. The van der Waals surface area contributed by atoms with Gasteiger partial charge in [-0.05, 0) is 34.9 Å². The number of fused-ring (bicyclic) bond motifs is 1. The predicted octanol–water partition coefficient (Wildman–Crippen LogP) is 6.66. The molecule has 0 bridgehead atoms. The Bertz CT molecular complexity index is 1600. The van der Waals surface area contributed by atoms with Crippen molar-refractivity contribution in [3.63, 3.8) is 0 Å². The first-order valence-corrected chi connectivity index (χ1v) is 14.3. The normalized spacial score (nSPS) is 14.0. The number of amides is 1. The number of hydrogen-bond donors (Lipinski definition) is 0. The lowest BCUT2D eigenvalue weighted by Gasteiger charge is -2.35. The van der Waals surface area contributed by atoms with Gasteiger partial charge in [0.05, 0.1) is 12.2 Å². The van der Waals surface area contributed by atoms with Gasteiger partial charge in [0, 0.05) is 29.2 Å². The van der Waals surface area contributed by atoms with Gasteiger partial charge in [0.25, 0.3) is 15.9 Å². The summed E-state index contributed by atoms with van der Waals surface area (Å²) in [6.45, 7) is 4.24. The van der Waals surface area contributed by atoms with Crippen LogP contribution in [0.2, 0.25) is 5.02 Å². The van der Waals surface area contributed by atoms with E-state index < -0.39 is 15.9 Å². The molecule has 4 aromatic rings. The van der Waals surface area contributed by atoms with E-state index in [0.717, 1.165) is 11.1 Å². The first-order valence-electron chi connectivity index (χ1n) is 12.5. The van der Waals surface area contributed by atoms with Crippen LogP contribution in [0, 0.1) is 0 Å². The minimum atomic E-state index is -4.27. The number of carbonyl (C=O) groups is 1. The van der Waals surface area contributed by atoms with Gasteiger partial charge in [-0.25, -0.2) is 8.42 Å². The Labute approximate surface area is 234 Å². The monoisotopic (exact) mass is 554 g/mol. The van der Waals surface area contributed by atoms with Crippen LogP contribution in [0.5, 0.6) is 0 Å². The molecule has 5 nitrogen and oxygen atoms in total. The zero-order chi connectivity index (χ0) is 27.4. The maximum Gasteiger partial charge on any atom is 0.270 e. The van der Waals surface area contributed by atoms with Crippen molar-refractivity contribution in [2.75, 3.05) is 10.8 Å². The number of nitrogens with zero attached hydrogens (tertiary/aromatic N) is 2. The molecule has 0 fully saturated rings. The fourth-order valence-electron chi connectivity index (χ4n) is 4.79. The molecular formula is C32H27ClN2O3S. The third-order valence-corrected chi connectivity index (χ3v) is 8.60. The molecule has 1 aliphatic rings. The van der Waals surface area contributed by atoms with E-state index in [1.54, 1.807) is 23.1 Å². The second kappa shape index (κ2) is 11.3. The number of anilines is 1. The molecule has 0 unspecified atom stereocenters. The van der Waals surface area contributed by atoms with Crippen LogP contribution in [0.1, 0.15) is 22.3 Å². The van der Waals surface area contributed by atoms with Gasteiger partial charge >= 0.3 is 0 Å². The SMILES string of the molecule is C=CCN1c2ccc(Cl)cc2C(c2ccccc2)=C(C(=O)N(Cc2ccccc2)Cc2ccccc2)S1(=O)=O. The van der Waals surface area contributed by atoms with Crippen LogP contribution in [0.15, 0.2) is 127 Å². The summed E-state index contributed by atoms with van der Waals surface area (Å²) >= 11 is 6.42. The topological polar surface area (TPSA) is 57.7 Å². The number of rotatable bonds is 8. The van der Waals surface area contributed by atoms with Crippen molar-refractivity contribution in [1.82, 2.24) is 4.90 Å². The minimum absolute atomic E-state index is 0.00713. The first-order chi connectivity index (χ1) is 18.9. The number of sulfonamides is 1. The predicted molar refractivity (Wildman–Crippen MR) is 158 cm³/mol. The van der Waals surface area contributed by atoms with Crippen LogP contribution in [0.4, 0.5) is 5.69 Å². The molecule has 196 valence electrons. The highest BCUT2D eigenvalue weighted by molar-refractivity contribution is 7.97. The molecule has 0 N–H and O–H groups in total. The van der Waals surface area contributed by atoms with Crippen LogP contribution in [0.25, 0.3) is 5.57 Å². The average molecular weight is 555 g/mol. The summed E-state index contributed by atoms with van der Waals surface area (Å²) in [6, 6.07) is 33.3. The van der Waals surface area contributed by atoms with Crippen LogP contribution >= 0.6 is 11.6 Å². The molecule has 0 saturated carbocycles. The van der Waals surface area contributed by atoms with E-state index in [1.165, 1.54) is 10.4 Å². The number of carbonyl (C=O) groups excluding carboxylic acids is 1. The van der Waals surface area contributed by atoms with Gasteiger partial charge in [-0.15, -0.1) is 6.58 Å². The van der Waals surface area contributed by atoms with Crippen molar-refractivity contribution in [2.24, 2.45) is 0 Å². The van der Waals surface area contributed by atoms with E-state index in [0.29, 0.717) is 27.4 Å². The van der Waals surface area contributed by atoms with Crippen molar-refractivity contribution < 1.29 is 13.2 Å². The standard InChI is InChI=1S/C32H27ClN2O3S/c1-2-20-35-29-19-18-27(33)21-28(29)30(26-16-10-5-11-17-26)31(39(35,37)38)32(36)34(22-24-12-6-3-7-13-24)23-25-14-8-4-9-15-25/h2-19,21H,1,20,22-23H2. The highest BCUT2D eigenvalue weighted by Gasteiger charge is 2.42. The van der Waals surface area contributed by atoms with Gasteiger partial charge in [0.2, 0.25) is 0 Å². The first kappa shape index (κ1) is 26.5. The van der Waals surface area contributed by atoms with E-state index in [2.05, 4.69) is 6.58 Å². The molecule has 0 aliphatic carbocycles. The Morgan fingerprint density at radius 1 is 0.821 bits per heavy atom. The zero-order valence-corrected chi connectivity index (χ0v) is 22.8. The molecule has 4 aromatic carbocycles.